The molecule has 0 aliphatic carbocycles. The summed E-state index contributed by atoms with van der Waals surface area (Å²) in [5.41, 5.74) is 5.99. The lowest BCUT2D eigenvalue weighted by atomic mass is 10.2. The molecular weight excluding hydrogens is 180 g/mol. The molecule has 78 valence electrons. The smallest absolute Gasteiger partial charge is 0.254 e. The Morgan fingerprint density at radius 3 is 2.93 bits per heavy atom. The zero-order valence-corrected chi connectivity index (χ0v) is 8.54. The molecule has 0 aromatic carbocycles. The van der Waals surface area contributed by atoms with Crippen LogP contribution in [0.2, 0.25) is 0 Å². The van der Waals surface area contributed by atoms with Crippen LogP contribution in [0.1, 0.15) is 23.0 Å². The van der Waals surface area contributed by atoms with Crippen LogP contribution in [0, 0.1) is 12.8 Å². The molecule has 3 N–H and O–H groups in total. The minimum absolute atomic E-state index is 0.109. The zero-order chi connectivity index (χ0) is 10.6. The minimum atomic E-state index is -0.109. The van der Waals surface area contributed by atoms with Gasteiger partial charge in [-0.25, -0.2) is 0 Å². The Balaban J connectivity index is 2.43. The topological polar surface area (TPSA) is 68.3 Å². The quantitative estimate of drug-likeness (QED) is 0.752. The predicted molar refractivity (Wildman–Crippen MR) is 54.0 cm³/mol. The number of nitrogens with one attached hydrogen (secondary N) is 1. The largest absolute Gasteiger partial charge is 0.469 e. The van der Waals surface area contributed by atoms with Crippen LogP contribution in [-0.4, -0.2) is 19.0 Å². The molecular formula is C10H16N2O2. The number of hydrogen-bond donors (Lipinski definition) is 2. The Labute approximate surface area is 83.5 Å². The third kappa shape index (κ3) is 2.88. The number of amides is 1. The Morgan fingerprint density at radius 2 is 2.43 bits per heavy atom. The second kappa shape index (κ2) is 4.81. The van der Waals surface area contributed by atoms with Crippen molar-refractivity contribution in [3.05, 3.63) is 23.7 Å². The molecule has 1 atom stereocenters. The third-order valence-electron chi connectivity index (χ3n) is 2.01. The van der Waals surface area contributed by atoms with E-state index in [1.165, 1.54) is 6.26 Å². The summed E-state index contributed by atoms with van der Waals surface area (Å²) in [6.45, 7) is 4.96. The van der Waals surface area contributed by atoms with Gasteiger partial charge in [-0.1, -0.05) is 6.92 Å². The van der Waals surface area contributed by atoms with Gasteiger partial charge in [-0.15, -0.1) is 0 Å². The van der Waals surface area contributed by atoms with E-state index in [9.17, 15) is 4.79 Å². The number of carbonyl (C=O) groups excluding carboxylic acids is 1. The first kappa shape index (κ1) is 10.8. The second-order valence-corrected chi connectivity index (χ2v) is 3.50. The number of carbonyl (C=O) groups is 1. The van der Waals surface area contributed by atoms with E-state index in [2.05, 4.69) is 5.32 Å². The highest BCUT2D eigenvalue weighted by molar-refractivity contribution is 5.93. The highest BCUT2D eigenvalue weighted by Crippen LogP contribution is 2.05. The summed E-state index contributed by atoms with van der Waals surface area (Å²) in [6, 6.07) is 1.71. The van der Waals surface area contributed by atoms with Gasteiger partial charge in [0.2, 0.25) is 0 Å². The molecule has 0 fully saturated rings. The summed E-state index contributed by atoms with van der Waals surface area (Å²) in [4.78, 5) is 11.5. The van der Waals surface area contributed by atoms with Gasteiger partial charge in [0.1, 0.15) is 12.0 Å². The van der Waals surface area contributed by atoms with Gasteiger partial charge in [-0.2, -0.15) is 0 Å². The van der Waals surface area contributed by atoms with E-state index >= 15 is 0 Å². The fourth-order valence-electron chi connectivity index (χ4n) is 1.01. The van der Waals surface area contributed by atoms with Gasteiger partial charge in [0, 0.05) is 6.54 Å². The number of rotatable bonds is 4. The van der Waals surface area contributed by atoms with Crippen molar-refractivity contribution < 1.29 is 9.21 Å². The van der Waals surface area contributed by atoms with Gasteiger partial charge < -0.3 is 15.5 Å². The van der Waals surface area contributed by atoms with Crippen molar-refractivity contribution in [1.82, 2.24) is 5.32 Å². The molecule has 1 aromatic rings. The first-order chi connectivity index (χ1) is 6.63. The average Bonchev–Trinajstić information content (AvgIpc) is 2.60. The second-order valence-electron chi connectivity index (χ2n) is 3.50. The number of aryl methyl sites for hydroxylation is 1. The van der Waals surface area contributed by atoms with E-state index in [1.54, 1.807) is 13.0 Å². The van der Waals surface area contributed by atoms with Crippen molar-refractivity contribution in [2.45, 2.75) is 13.8 Å². The average molecular weight is 196 g/mol. The van der Waals surface area contributed by atoms with Crippen molar-refractivity contribution in [3.63, 3.8) is 0 Å². The van der Waals surface area contributed by atoms with E-state index < -0.39 is 0 Å². The van der Waals surface area contributed by atoms with Crippen LogP contribution in [0.4, 0.5) is 0 Å². The standard InChI is InChI=1S/C10H16N2O2/c1-7(4-11)5-12-10(13)9-3-8(2)14-6-9/h3,6-7H,4-5,11H2,1-2H3,(H,12,13). The maximum Gasteiger partial charge on any atom is 0.254 e. The Kier molecular flexibility index (Phi) is 3.71. The first-order valence-electron chi connectivity index (χ1n) is 4.67. The van der Waals surface area contributed by atoms with Crippen LogP contribution in [-0.2, 0) is 0 Å². The first-order valence-corrected chi connectivity index (χ1v) is 4.67. The molecule has 1 heterocycles. The molecule has 0 saturated carbocycles. The van der Waals surface area contributed by atoms with Gasteiger partial charge in [-0.05, 0) is 25.5 Å². The molecule has 0 aliphatic heterocycles. The highest BCUT2D eigenvalue weighted by Gasteiger charge is 2.08. The zero-order valence-electron chi connectivity index (χ0n) is 8.54. The Hall–Kier alpha value is -1.29. The summed E-state index contributed by atoms with van der Waals surface area (Å²) < 4.78 is 5.03. The van der Waals surface area contributed by atoms with E-state index in [4.69, 9.17) is 10.2 Å². The number of hydrogen-bond acceptors (Lipinski definition) is 3. The summed E-state index contributed by atoms with van der Waals surface area (Å²) in [6.07, 6.45) is 1.46. The van der Waals surface area contributed by atoms with Gasteiger partial charge in [0.15, 0.2) is 0 Å². The lowest BCUT2D eigenvalue weighted by Crippen LogP contribution is -2.30. The van der Waals surface area contributed by atoms with Crippen molar-refractivity contribution in [2.24, 2.45) is 11.7 Å². The fraction of sp³-hybridized carbons (Fsp3) is 0.500. The van der Waals surface area contributed by atoms with Crippen LogP contribution in [0.25, 0.3) is 0 Å². The van der Waals surface area contributed by atoms with Gasteiger partial charge in [0.05, 0.1) is 5.56 Å². The monoisotopic (exact) mass is 196 g/mol. The van der Waals surface area contributed by atoms with E-state index in [-0.39, 0.29) is 5.91 Å². The summed E-state index contributed by atoms with van der Waals surface area (Å²) in [5.74, 6) is 0.927. The normalized spacial score (nSPS) is 12.5. The summed E-state index contributed by atoms with van der Waals surface area (Å²) >= 11 is 0. The molecule has 4 heteroatoms. The molecule has 4 nitrogen and oxygen atoms in total. The molecule has 0 radical (unpaired) electrons. The predicted octanol–water partition coefficient (Wildman–Crippen LogP) is 0.913. The molecule has 0 aliphatic rings. The maximum absolute atomic E-state index is 11.5. The van der Waals surface area contributed by atoms with Crippen LogP contribution in [0.5, 0.6) is 0 Å². The van der Waals surface area contributed by atoms with Crippen LogP contribution in [0.15, 0.2) is 16.7 Å². The van der Waals surface area contributed by atoms with Crippen molar-refractivity contribution in [1.29, 1.82) is 0 Å². The third-order valence-corrected chi connectivity index (χ3v) is 2.01. The van der Waals surface area contributed by atoms with Gasteiger partial charge >= 0.3 is 0 Å². The van der Waals surface area contributed by atoms with E-state index in [0.29, 0.717) is 24.6 Å². The van der Waals surface area contributed by atoms with Crippen molar-refractivity contribution >= 4 is 5.91 Å². The molecule has 1 aromatic heterocycles. The maximum atomic E-state index is 11.5. The molecule has 0 bridgehead atoms. The number of nitrogens with two attached hydrogens (primary N) is 1. The van der Waals surface area contributed by atoms with Crippen molar-refractivity contribution in [3.8, 4) is 0 Å². The van der Waals surface area contributed by atoms with Gasteiger partial charge in [-0.3, -0.25) is 4.79 Å². The minimum Gasteiger partial charge on any atom is -0.469 e. The lowest BCUT2D eigenvalue weighted by Gasteiger charge is -2.08. The molecule has 1 rings (SSSR count). The van der Waals surface area contributed by atoms with Crippen molar-refractivity contribution in [2.75, 3.05) is 13.1 Å². The highest BCUT2D eigenvalue weighted by atomic mass is 16.3. The molecule has 0 spiro atoms. The Bertz CT molecular complexity index is 307. The van der Waals surface area contributed by atoms with Crippen LogP contribution >= 0.6 is 0 Å². The van der Waals surface area contributed by atoms with Gasteiger partial charge in [0.25, 0.3) is 5.91 Å². The molecule has 1 amide bonds. The van der Waals surface area contributed by atoms with Crippen LogP contribution in [0.3, 0.4) is 0 Å². The Morgan fingerprint density at radius 1 is 1.71 bits per heavy atom. The molecule has 14 heavy (non-hydrogen) atoms. The van der Waals surface area contributed by atoms with Crippen LogP contribution < -0.4 is 11.1 Å². The van der Waals surface area contributed by atoms with E-state index in [0.717, 1.165) is 5.76 Å². The summed E-state index contributed by atoms with van der Waals surface area (Å²) in [7, 11) is 0. The lowest BCUT2D eigenvalue weighted by molar-refractivity contribution is 0.0948. The molecule has 0 saturated heterocycles. The molecule has 1 unspecified atom stereocenters. The SMILES string of the molecule is Cc1cc(C(=O)NCC(C)CN)co1. The fourth-order valence-corrected chi connectivity index (χ4v) is 1.01. The number of furan rings is 1. The summed E-state index contributed by atoms with van der Waals surface area (Å²) in [5, 5.41) is 2.78. The van der Waals surface area contributed by atoms with E-state index in [1.807, 2.05) is 6.92 Å².